The molecule has 2 aromatic carbocycles. The maximum absolute atomic E-state index is 13.6. The van der Waals surface area contributed by atoms with Crippen molar-refractivity contribution in [3.05, 3.63) is 63.6 Å². The number of benzene rings is 2. The van der Waals surface area contributed by atoms with E-state index in [2.05, 4.69) is 21.2 Å². The van der Waals surface area contributed by atoms with Crippen molar-refractivity contribution in [1.29, 1.82) is 0 Å². The van der Waals surface area contributed by atoms with E-state index in [1.807, 2.05) is 0 Å². The summed E-state index contributed by atoms with van der Waals surface area (Å²) in [6, 6.07) is 8.40. The first kappa shape index (κ1) is 13.7. The largest absolute Gasteiger partial charge is 0.319 e. The number of carbonyl (C=O) groups is 1. The number of hydrogen-bond acceptors (Lipinski definition) is 1. The average Bonchev–Trinajstić information content (AvgIpc) is 2.36. The van der Waals surface area contributed by atoms with Gasteiger partial charge in [0.1, 0.15) is 11.6 Å². The zero-order chi connectivity index (χ0) is 14.0. The van der Waals surface area contributed by atoms with Crippen LogP contribution in [0.1, 0.15) is 15.9 Å². The molecule has 2 nitrogen and oxygen atoms in total. The molecular formula is C14H10BrF2NO. The van der Waals surface area contributed by atoms with Gasteiger partial charge in [0, 0.05) is 10.0 Å². The van der Waals surface area contributed by atoms with Crippen LogP contribution in [0.15, 0.2) is 40.9 Å². The van der Waals surface area contributed by atoms with Crippen molar-refractivity contribution in [3.8, 4) is 0 Å². The van der Waals surface area contributed by atoms with E-state index >= 15 is 0 Å². The summed E-state index contributed by atoms with van der Waals surface area (Å²) in [4.78, 5) is 11.9. The minimum Gasteiger partial charge on any atom is -0.319 e. The van der Waals surface area contributed by atoms with Gasteiger partial charge in [0.15, 0.2) is 0 Å². The van der Waals surface area contributed by atoms with Crippen molar-refractivity contribution >= 4 is 27.5 Å². The summed E-state index contributed by atoms with van der Waals surface area (Å²) in [5, 5.41) is 2.40. The summed E-state index contributed by atoms with van der Waals surface area (Å²) < 4.78 is 27.5. The molecule has 1 amide bonds. The van der Waals surface area contributed by atoms with Crippen LogP contribution < -0.4 is 5.32 Å². The van der Waals surface area contributed by atoms with Gasteiger partial charge in [-0.25, -0.2) is 8.78 Å². The highest BCUT2D eigenvalue weighted by Crippen LogP contribution is 2.20. The maximum atomic E-state index is 13.6. The predicted octanol–water partition coefficient (Wildman–Crippen LogP) is 4.29. The highest BCUT2D eigenvalue weighted by molar-refractivity contribution is 9.10. The fraction of sp³-hybridized carbons (Fsp3) is 0.0714. The Kier molecular flexibility index (Phi) is 3.95. The Hall–Kier alpha value is -1.75. The number of anilines is 1. The molecule has 0 heterocycles. The van der Waals surface area contributed by atoms with E-state index in [0.29, 0.717) is 10.0 Å². The zero-order valence-corrected chi connectivity index (χ0v) is 11.6. The second kappa shape index (κ2) is 5.48. The number of carbonyl (C=O) groups excluding carboxylic acids is 1. The topological polar surface area (TPSA) is 29.1 Å². The van der Waals surface area contributed by atoms with E-state index in [-0.39, 0.29) is 11.3 Å². The molecule has 0 aliphatic rings. The van der Waals surface area contributed by atoms with E-state index in [1.165, 1.54) is 24.3 Å². The Labute approximate surface area is 117 Å². The second-order valence-corrected chi connectivity index (χ2v) is 4.96. The third-order valence-corrected chi connectivity index (χ3v) is 3.11. The van der Waals surface area contributed by atoms with Crippen LogP contribution in [0.3, 0.4) is 0 Å². The molecule has 1 N–H and O–H groups in total. The number of amides is 1. The van der Waals surface area contributed by atoms with Gasteiger partial charge in [-0.3, -0.25) is 4.79 Å². The minimum atomic E-state index is -0.560. The van der Waals surface area contributed by atoms with Gasteiger partial charge >= 0.3 is 0 Å². The fourth-order valence-electron chi connectivity index (χ4n) is 1.52. The minimum absolute atomic E-state index is 0.0502. The molecule has 0 bridgehead atoms. The van der Waals surface area contributed by atoms with Crippen LogP contribution in [-0.2, 0) is 0 Å². The van der Waals surface area contributed by atoms with Crippen molar-refractivity contribution in [2.45, 2.75) is 6.92 Å². The van der Waals surface area contributed by atoms with Gasteiger partial charge < -0.3 is 5.32 Å². The Bertz CT molecular complexity index is 643. The lowest BCUT2D eigenvalue weighted by Crippen LogP contribution is -2.13. The molecule has 98 valence electrons. The molecule has 0 spiro atoms. The summed E-state index contributed by atoms with van der Waals surface area (Å²) in [7, 11) is 0. The van der Waals surface area contributed by atoms with Crippen molar-refractivity contribution in [1.82, 2.24) is 0 Å². The second-order valence-electron chi connectivity index (χ2n) is 4.04. The van der Waals surface area contributed by atoms with Gasteiger partial charge in [-0.05, 0) is 42.8 Å². The lowest BCUT2D eigenvalue weighted by molar-refractivity contribution is 0.102. The van der Waals surface area contributed by atoms with Crippen LogP contribution >= 0.6 is 15.9 Å². The number of rotatable bonds is 2. The van der Waals surface area contributed by atoms with Gasteiger partial charge in [-0.15, -0.1) is 0 Å². The molecule has 0 unspecified atom stereocenters. The van der Waals surface area contributed by atoms with E-state index in [1.54, 1.807) is 13.0 Å². The number of halogens is 3. The maximum Gasteiger partial charge on any atom is 0.255 e. The predicted molar refractivity (Wildman–Crippen MR) is 73.2 cm³/mol. The quantitative estimate of drug-likeness (QED) is 0.876. The molecule has 0 aromatic heterocycles. The molecule has 5 heteroatoms. The van der Waals surface area contributed by atoms with Crippen molar-refractivity contribution in [2.24, 2.45) is 0 Å². The molecule has 0 aliphatic carbocycles. The third-order valence-electron chi connectivity index (χ3n) is 2.61. The molecule has 2 rings (SSSR count). The summed E-state index contributed by atoms with van der Waals surface area (Å²) in [6.07, 6.45) is 0. The molecule has 19 heavy (non-hydrogen) atoms. The van der Waals surface area contributed by atoms with Crippen LogP contribution in [0.25, 0.3) is 0 Å². The normalized spacial score (nSPS) is 10.3. The van der Waals surface area contributed by atoms with E-state index in [9.17, 15) is 13.6 Å². The van der Waals surface area contributed by atoms with Gasteiger partial charge in [-0.1, -0.05) is 22.0 Å². The van der Waals surface area contributed by atoms with Crippen LogP contribution in [0.2, 0.25) is 0 Å². The number of aryl methyl sites for hydroxylation is 1. The highest BCUT2D eigenvalue weighted by Gasteiger charge is 2.11. The van der Waals surface area contributed by atoms with Crippen molar-refractivity contribution in [3.63, 3.8) is 0 Å². The molecule has 0 aliphatic heterocycles. The molecule has 0 atom stereocenters. The lowest BCUT2D eigenvalue weighted by atomic mass is 10.1. The molecule has 0 saturated heterocycles. The average molecular weight is 326 g/mol. The SMILES string of the molecule is Cc1ccc(C(=O)Nc2ccc(Br)cc2F)cc1F. The van der Waals surface area contributed by atoms with Crippen LogP contribution in [-0.4, -0.2) is 5.91 Å². The van der Waals surface area contributed by atoms with Crippen molar-refractivity contribution < 1.29 is 13.6 Å². The standard InChI is InChI=1S/C14H10BrF2NO/c1-8-2-3-9(6-11(8)16)14(19)18-13-5-4-10(15)7-12(13)17/h2-7H,1H3,(H,18,19). The third kappa shape index (κ3) is 3.17. The Balaban J connectivity index is 2.23. The van der Waals surface area contributed by atoms with E-state index < -0.39 is 17.5 Å². The van der Waals surface area contributed by atoms with Crippen LogP contribution in [0, 0.1) is 18.6 Å². The highest BCUT2D eigenvalue weighted by atomic mass is 79.9. The van der Waals surface area contributed by atoms with Crippen LogP contribution in [0.4, 0.5) is 14.5 Å². The van der Waals surface area contributed by atoms with E-state index in [4.69, 9.17) is 0 Å². The number of hydrogen-bond donors (Lipinski definition) is 1. The molecule has 0 saturated carbocycles. The van der Waals surface area contributed by atoms with Gasteiger partial charge in [0.2, 0.25) is 0 Å². The van der Waals surface area contributed by atoms with Gasteiger partial charge in [-0.2, -0.15) is 0 Å². The summed E-state index contributed by atoms with van der Waals surface area (Å²) in [5.41, 5.74) is 0.644. The molecule has 0 fully saturated rings. The Morgan fingerprint density at radius 1 is 1.11 bits per heavy atom. The van der Waals surface area contributed by atoms with Gasteiger partial charge in [0.05, 0.1) is 5.69 Å². The van der Waals surface area contributed by atoms with Gasteiger partial charge in [0.25, 0.3) is 5.91 Å². The first-order valence-corrected chi connectivity index (χ1v) is 6.29. The Morgan fingerprint density at radius 3 is 2.47 bits per heavy atom. The molecule has 0 radical (unpaired) electrons. The first-order chi connectivity index (χ1) is 8.97. The summed E-state index contributed by atoms with van der Waals surface area (Å²) in [5.74, 6) is -1.58. The summed E-state index contributed by atoms with van der Waals surface area (Å²) in [6.45, 7) is 1.60. The monoisotopic (exact) mass is 325 g/mol. The smallest absolute Gasteiger partial charge is 0.255 e. The number of nitrogens with one attached hydrogen (secondary N) is 1. The fourth-order valence-corrected chi connectivity index (χ4v) is 1.85. The lowest BCUT2D eigenvalue weighted by Gasteiger charge is -2.07. The van der Waals surface area contributed by atoms with Crippen LogP contribution in [0.5, 0.6) is 0 Å². The molecule has 2 aromatic rings. The van der Waals surface area contributed by atoms with E-state index in [0.717, 1.165) is 6.07 Å². The first-order valence-electron chi connectivity index (χ1n) is 5.50. The summed E-state index contributed by atoms with van der Waals surface area (Å²) >= 11 is 3.12. The van der Waals surface area contributed by atoms with Crippen molar-refractivity contribution in [2.75, 3.05) is 5.32 Å². The molecular weight excluding hydrogens is 316 g/mol. The Morgan fingerprint density at radius 2 is 1.84 bits per heavy atom. The zero-order valence-electron chi connectivity index (χ0n) is 10.0.